The molecule has 5 heteroatoms. The first-order chi connectivity index (χ1) is 9.15. The van der Waals surface area contributed by atoms with Crippen LogP contribution in [0.15, 0.2) is 40.9 Å². The number of rotatable bonds is 3. The molecule has 2 aromatic rings. The third-order valence-electron chi connectivity index (χ3n) is 2.64. The number of halogens is 1. The molecule has 0 saturated heterocycles. The van der Waals surface area contributed by atoms with E-state index in [-0.39, 0.29) is 0 Å². The van der Waals surface area contributed by atoms with E-state index in [0.29, 0.717) is 22.7 Å². The highest BCUT2D eigenvalue weighted by molar-refractivity contribution is 9.10. The van der Waals surface area contributed by atoms with Crippen LogP contribution in [0.3, 0.4) is 0 Å². The van der Waals surface area contributed by atoms with Gasteiger partial charge in [0.25, 0.3) is 0 Å². The van der Waals surface area contributed by atoms with E-state index in [9.17, 15) is 0 Å². The SMILES string of the molecule is COc1cccc(C#N)c1Nc1cc(Br)ccc1N. The van der Waals surface area contributed by atoms with Crippen molar-refractivity contribution in [3.05, 3.63) is 46.4 Å². The Morgan fingerprint density at radius 1 is 1.32 bits per heavy atom. The standard InChI is InChI=1S/C14H12BrN3O/c1-19-13-4-2-3-9(8-16)14(13)18-12-7-10(15)5-6-11(12)17/h2-7,18H,17H2,1H3. The van der Waals surface area contributed by atoms with Crippen molar-refractivity contribution in [2.24, 2.45) is 0 Å². The molecule has 0 spiro atoms. The van der Waals surface area contributed by atoms with Crippen LogP contribution >= 0.6 is 15.9 Å². The van der Waals surface area contributed by atoms with Gasteiger partial charge in [0, 0.05) is 4.47 Å². The van der Waals surface area contributed by atoms with Crippen molar-refractivity contribution >= 4 is 33.0 Å². The number of benzene rings is 2. The molecule has 0 aliphatic rings. The summed E-state index contributed by atoms with van der Waals surface area (Å²) < 4.78 is 6.16. The van der Waals surface area contributed by atoms with Gasteiger partial charge in [-0.3, -0.25) is 0 Å². The third kappa shape index (κ3) is 2.80. The van der Waals surface area contributed by atoms with Crippen LogP contribution in [0.25, 0.3) is 0 Å². The van der Waals surface area contributed by atoms with Crippen LogP contribution in [0.5, 0.6) is 5.75 Å². The van der Waals surface area contributed by atoms with Crippen molar-refractivity contribution in [3.63, 3.8) is 0 Å². The van der Waals surface area contributed by atoms with Gasteiger partial charge in [-0.25, -0.2) is 0 Å². The predicted molar refractivity (Wildman–Crippen MR) is 79.5 cm³/mol. The zero-order chi connectivity index (χ0) is 13.8. The Kier molecular flexibility index (Phi) is 3.93. The fourth-order valence-electron chi connectivity index (χ4n) is 1.69. The van der Waals surface area contributed by atoms with Crippen molar-refractivity contribution < 1.29 is 4.74 Å². The summed E-state index contributed by atoms with van der Waals surface area (Å²) in [5.41, 5.74) is 8.33. The number of nitriles is 1. The Balaban J connectivity index is 2.48. The number of ether oxygens (including phenoxy) is 1. The Morgan fingerprint density at radius 3 is 2.79 bits per heavy atom. The molecule has 0 atom stereocenters. The molecule has 4 nitrogen and oxygen atoms in total. The number of nitrogens with zero attached hydrogens (tertiary/aromatic N) is 1. The Labute approximate surface area is 119 Å². The van der Waals surface area contributed by atoms with Crippen LogP contribution in [0.4, 0.5) is 17.1 Å². The van der Waals surface area contributed by atoms with Gasteiger partial charge in [0.15, 0.2) is 0 Å². The van der Waals surface area contributed by atoms with Crippen LogP contribution < -0.4 is 15.8 Å². The summed E-state index contributed by atoms with van der Waals surface area (Å²) in [5.74, 6) is 0.596. The van der Waals surface area contributed by atoms with Crippen molar-refractivity contribution in [2.75, 3.05) is 18.2 Å². The zero-order valence-electron chi connectivity index (χ0n) is 10.3. The Bertz CT molecular complexity index is 650. The zero-order valence-corrected chi connectivity index (χ0v) is 11.9. The van der Waals surface area contributed by atoms with Crippen LogP contribution in [0.1, 0.15) is 5.56 Å². The molecule has 0 radical (unpaired) electrons. The van der Waals surface area contributed by atoms with Crippen molar-refractivity contribution in [1.82, 2.24) is 0 Å². The van der Waals surface area contributed by atoms with E-state index in [1.807, 2.05) is 12.1 Å². The number of nitrogens with two attached hydrogens (primary N) is 1. The fourth-order valence-corrected chi connectivity index (χ4v) is 2.06. The first kappa shape index (κ1) is 13.2. The molecule has 0 heterocycles. The van der Waals surface area contributed by atoms with Gasteiger partial charge in [-0.2, -0.15) is 5.26 Å². The smallest absolute Gasteiger partial charge is 0.143 e. The van der Waals surface area contributed by atoms with Gasteiger partial charge < -0.3 is 15.8 Å². The lowest BCUT2D eigenvalue weighted by atomic mass is 10.1. The molecular weight excluding hydrogens is 306 g/mol. The first-order valence-electron chi connectivity index (χ1n) is 5.55. The highest BCUT2D eigenvalue weighted by Gasteiger charge is 2.10. The molecule has 19 heavy (non-hydrogen) atoms. The summed E-state index contributed by atoms with van der Waals surface area (Å²) in [6.45, 7) is 0. The summed E-state index contributed by atoms with van der Waals surface area (Å²) in [4.78, 5) is 0. The summed E-state index contributed by atoms with van der Waals surface area (Å²) in [6, 6.07) is 12.9. The molecule has 0 bridgehead atoms. The maximum atomic E-state index is 9.15. The topological polar surface area (TPSA) is 71.1 Å². The normalized spacial score (nSPS) is 9.74. The lowest BCUT2D eigenvalue weighted by molar-refractivity contribution is 0.416. The molecule has 3 N–H and O–H groups in total. The van der Waals surface area contributed by atoms with Crippen LogP contribution in [0, 0.1) is 11.3 Å². The maximum absolute atomic E-state index is 9.15. The average Bonchev–Trinajstić information content (AvgIpc) is 2.43. The van der Waals surface area contributed by atoms with Crippen LogP contribution in [0.2, 0.25) is 0 Å². The molecule has 0 amide bonds. The van der Waals surface area contributed by atoms with Crippen LogP contribution in [-0.2, 0) is 0 Å². The Hall–Kier alpha value is -2.19. The average molecular weight is 318 g/mol. The maximum Gasteiger partial charge on any atom is 0.143 e. The third-order valence-corrected chi connectivity index (χ3v) is 3.13. The van der Waals surface area contributed by atoms with E-state index in [1.54, 1.807) is 31.4 Å². The summed E-state index contributed by atoms with van der Waals surface area (Å²) in [5, 5.41) is 12.3. The summed E-state index contributed by atoms with van der Waals surface area (Å²) in [7, 11) is 1.56. The molecule has 0 aromatic heterocycles. The van der Waals surface area contributed by atoms with E-state index >= 15 is 0 Å². The van der Waals surface area contributed by atoms with Gasteiger partial charge >= 0.3 is 0 Å². The first-order valence-corrected chi connectivity index (χ1v) is 6.34. The highest BCUT2D eigenvalue weighted by atomic mass is 79.9. The Morgan fingerprint density at radius 2 is 2.11 bits per heavy atom. The summed E-state index contributed by atoms with van der Waals surface area (Å²) in [6.07, 6.45) is 0. The molecule has 2 rings (SSSR count). The van der Waals surface area contributed by atoms with Gasteiger partial charge in [0.1, 0.15) is 11.8 Å². The molecule has 0 aliphatic heterocycles. The van der Waals surface area contributed by atoms with E-state index in [4.69, 9.17) is 15.7 Å². The molecule has 0 saturated carbocycles. The van der Waals surface area contributed by atoms with Gasteiger partial charge in [0.2, 0.25) is 0 Å². The molecule has 0 fully saturated rings. The lowest BCUT2D eigenvalue weighted by Crippen LogP contribution is -2.00. The van der Waals surface area contributed by atoms with E-state index in [1.165, 1.54) is 0 Å². The van der Waals surface area contributed by atoms with Crippen molar-refractivity contribution in [1.29, 1.82) is 5.26 Å². The van der Waals surface area contributed by atoms with Gasteiger partial charge in [-0.05, 0) is 30.3 Å². The molecule has 96 valence electrons. The lowest BCUT2D eigenvalue weighted by Gasteiger charge is -2.14. The fraction of sp³-hybridized carbons (Fsp3) is 0.0714. The minimum atomic E-state index is 0.499. The number of nitrogen functional groups attached to an aromatic ring is 1. The highest BCUT2D eigenvalue weighted by Crippen LogP contribution is 2.34. The van der Waals surface area contributed by atoms with Crippen LogP contribution in [-0.4, -0.2) is 7.11 Å². The van der Waals surface area contributed by atoms with Gasteiger partial charge in [0.05, 0.1) is 29.7 Å². The molecule has 2 aromatic carbocycles. The second kappa shape index (κ2) is 5.63. The van der Waals surface area contributed by atoms with Crippen molar-refractivity contribution in [3.8, 4) is 11.8 Å². The van der Waals surface area contributed by atoms with E-state index in [0.717, 1.165) is 10.2 Å². The number of methoxy groups -OCH3 is 1. The quantitative estimate of drug-likeness (QED) is 0.847. The second-order valence-corrected chi connectivity index (χ2v) is 4.77. The monoisotopic (exact) mass is 317 g/mol. The summed E-state index contributed by atoms with van der Waals surface area (Å²) >= 11 is 3.39. The molecular formula is C14H12BrN3O. The van der Waals surface area contributed by atoms with E-state index < -0.39 is 0 Å². The predicted octanol–water partition coefficient (Wildman–Crippen LogP) is 3.66. The van der Waals surface area contributed by atoms with E-state index in [2.05, 4.69) is 27.3 Å². The second-order valence-electron chi connectivity index (χ2n) is 3.85. The van der Waals surface area contributed by atoms with Gasteiger partial charge in [-0.15, -0.1) is 0 Å². The molecule has 0 aliphatic carbocycles. The minimum Gasteiger partial charge on any atom is -0.495 e. The van der Waals surface area contributed by atoms with Gasteiger partial charge in [-0.1, -0.05) is 22.0 Å². The largest absolute Gasteiger partial charge is 0.495 e. The minimum absolute atomic E-state index is 0.499. The molecule has 0 unspecified atom stereocenters. The number of anilines is 3. The number of hydrogen-bond acceptors (Lipinski definition) is 4. The number of hydrogen-bond donors (Lipinski definition) is 2. The number of para-hydroxylation sites is 1. The number of nitrogens with one attached hydrogen (secondary N) is 1. The van der Waals surface area contributed by atoms with Crippen molar-refractivity contribution in [2.45, 2.75) is 0 Å².